The summed E-state index contributed by atoms with van der Waals surface area (Å²) in [5.41, 5.74) is -0.411. The molecule has 1 aromatic heterocycles. The van der Waals surface area contributed by atoms with Crippen molar-refractivity contribution in [3.05, 3.63) is 48.2 Å². The molecule has 2 aromatic rings. The number of alkyl halides is 3. The van der Waals surface area contributed by atoms with Crippen molar-refractivity contribution in [1.29, 1.82) is 0 Å². The van der Waals surface area contributed by atoms with Crippen LogP contribution in [0, 0.1) is 0 Å². The predicted molar refractivity (Wildman–Crippen MR) is 98.0 cm³/mol. The number of urea groups is 1. The van der Waals surface area contributed by atoms with Crippen LogP contribution in [0.3, 0.4) is 0 Å². The summed E-state index contributed by atoms with van der Waals surface area (Å²) in [5.74, 6) is 0.331. The molecular formula is C19H21F3N4O. The summed E-state index contributed by atoms with van der Waals surface area (Å²) in [6, 6.07) is 8.19. The number of aromatic nitrogens is 1. The number of hydrogen-bond acceptors (Lipinski definition) is 3. The molecule has 0 unspecified atom stereocenters. The van der Waals surface area contributed by atoms with Crippen LogP contribution in [0.5, 0.6) is 0 Å². The van der Waals surface area contributed by atoms with Crippen LogP contribution in [0.1, 0.15) is 37.7 Å². The molecule has 1 aliphatic rings. The first kappa shape index (κ1) is 19.0. The molecule has 27 heavy (non-hydrogen) atoms. The number of halogens is 3. The van der Waals surface area contributed by atoms with Crippen molar-refractivity contribution in [3.8, 4) is 0 Å². The smallest absolute Gasteiger partial charge is 0.354 e. The minimum Gasteiger partial charge on any atom is -0.354 e. The molecule has 1 heterocycles. The van der Waals surface area contributed by atoms with Gasteiger partial charge in [0.05, 0.1) is 23.1 Å². The molecule has 1 aromatic carbocycles. The molecule has 1 fully saturated rings. The lowest BCUT2D eigenvalue weighted by Crippen LogP contribution is -2.39. The van der Waals surface area contributed by atoms with Gasteiger partial charge in [-0.3, -0.25) is 5.32 Å². The second-order valence-corrected chi connectivity index (χ2v) is 6.53. The van der Waals surface area contributed by atoms with Crippen molar-refractivity contribution in [2.24, 2.45) is 0 Å². The van der Waals surface area contributed by atoms with Gasteiger partial charge in [0.25, 0.3) is 0 Å². The van der Waals surface area contributed by atoms with E-state index >= 15 is 0 Å². The Morgan fingerprint density at radius 3 is 2.44 bits per heavy atom. The topological polar surface area (TPSA) is 66.0 Å². The summed E-state index contributed by atoms with van der Waals surface area (Å²) < 4.78 is 39.1. The molecule has 1 aliphatic carbocycles. The molecular weight excluding hydrogens is 357 g/mol. The summed E-state index contributed by atoms with van der Waals surface area (Å²) in [4.78, 5) is 16.1. The number of nitrogens with one attached hydrogen (secondary N) is 3. The highest BCUT2D eigenvalue weighted by Crippen LogP contribution is 2.35. The van der Waals surface area contributed by atoms with Crippen LogP contribution in [0.15, 0.2) is 42.6 Å². The molecule has 2 amide bonds. The third-order valence-corrected chi connectivity index (χ3v) is 4.46. The molecule has 5 nitrogen and oxygen atoms in total. The van der Waals surface area contributed by atoms with E-state index in [0.717, 1.165) is 31.7 Å². The van der Waals surface area contributed by atoms with Gasteiger partial charge in [-0.25, -0.2) is 9.78 Å². The fourth-order valence-corrected chi connectivity index (χ4v) is 3.12. The van der Waals surface area contributed by atoms with Crippen LogP contribution in [0.2, 0.25) is 0 Å². The second-order valence-electron chi connectivity index (χ2n) is 6.53. The van der Waals surface area contributed by atoms with Gasteiger partial charge < -0.3 is 10.6 Å². The van der Waals surface area contributed by atoms with Crippen LogP contribution in [-0.2, 0) is 6.18 Å². The number of carbonyl (C=O) groups is 1. The molecule has 0 atom stereocenters. The highest BCUT2D eigenvalue weighted by molar-refractivity contribution is 5.88. The molecule has 8 heteroatoms. The minimum atomic E-state index is -4.45. The lowest BCUT2D eigenvalue weighted by atomic mass is 9.96. The van der Waals surface area contributed by atoms with E-state index in [9.17, 15) is 18.0 Å². The van der Waals surface area contributed by atoms with Gasteiger partial charge in [0.15, 0.2) is 0 Å². The maximum atomic E-state index is 13.0. The van der Waals surface area contributed by atoms with E-state index in [4.69, 9.17) is 0 Å². The number of carbonyl (C=O) groups excluding carboxylic acids is 1. The van der Waals surface area contributed by atoms with Crippen molar-refractivity contribution in [3.63, 3.8) is 0 Å². The Bertz CT molecular complexity index is 771. The van der Waals surface area contributed by atoms with Gasteiger partial charge in [-0.15, -0.1) is 0 Å². The molecule has 0 radical (unpaired) electrons. The number of benzene rings is 1. The van der Waals surface area contributed by atoms with Crippen LogP contribution in [0.4, 0.5) is 35.2 Å². The highest BCUT2D eigenvalue weighted by atomic mass is 19.4. The first-order valence-corrected chi connectivity index (χ1v) is 8.88. The zero-order valence-electron chi connectivity index (χ0n) is 14.6. The molecule has 3 N–H and O–H groups in total. The fourth-order valence-electron chi connectivity index (χ4n) is 3.12. The number of rotatable bonds is 4. The number of nitrogens with zero attached hydrogens (tertiary/aromatic N) is 1. The third-order valence-electron chi connectivity index (χ3n) is 4.46. The van der Waals surface area contributed by atoms with E-state index in [0.29, 0.717) is 11.5 Å². The van der Waals surface area contributed by atoms with Gasteiger partial charge in [-0.05, 0) is 37.1 Å². The largest absolute Gasteiger partial charge is 0.418 e. The average Bonchev–Trinajstić information content (AvgIpc) is 2.64. The third kappa shape index (κ3) is 5.35. The van der Waals surface area contributed by atoms with Gasteiger partial charge in [-0.2, -0.15) is 13.2 Å². The monoisotopic (exact) mass is 378 g/mol. The molecule has 3 rings (SSSR count). The van der Waals surface area contributed by atoms with E-state index in [-0.39, 0.29) is 17.8 Å². The number of para-hydroxylation sites is 1. The summed E-state index contributed by atoms with van der Waals surface area (Å²) in [6.07, 6.45) is 2.31. The molecule has 1 saturated carbocycles. The fraction of sp³-hybridized carbons (Fsp3) is 0.368. The van der Waals surface area contributed by atoms with Crippen LogP contribution in [0.25, 0.3) is 0 Å². The average molecular weight is 378 g/mol. The lowest BCUT2D eigenvalue weighted by Gasteiger charge is -2.22. The van der Waals surface area contributed by atoms with Crippen molar-refractivity contribution in [2.75, 3.05) is 10.6 Å². The predicted octanol–water partition coefficient (Wildman–Crippen LogP) is 5.30. The molecule has 0 saturated heterocycles. The summed E-state index contributed by atoms with van der Waals surface area (Å²) in [6.45, 7) is 0. The maximum absolute atomic E-state index is 13.0. The van der Waals surface area contributed by atoms with Crippen LogP contribution >= 0.6 is 0 Å². The summed E-state index contributed by atoms with van der Waals surface area (Å²) >= 11 is 0. The quantitative estimate of drug-likeness (QED) is 0.676. The summed E-state index contributed by atoms with van der Waals surface area (Å²) in [5, 5.41) is 8.28. The van der Waals surface area contributed by atoms with Crippen molar-refractivity contribution >= 4 is 23.2 Å². The Kier molecular flexibility index (Phi) is 5.83. The Morgan fingerprint density at radius 2 is 1.78 bits per heavy atom. The summed E-state index contributed by atoms with van der Waals surface area (Å²) in [7, 11) is 0. The first-order chi connectivity index (χ1) is 12.9. The van der Waals surface area contributed by atoms with E-state index in [1.54, 1.807) is 12.1 Å². The molecule has 0 bridgehead atoms. The first-order valence-electron chi connectivity index (χ1n) is 8.88. The number of pyridine rings is 1. The minimum absolute atomic E-state index is 0.0532. The Morgan fingerprint density at radius 1 is 1.04 bits per heavy atom. The number of hydrogen-bond donors (Lipinski definition) is 3. The SMILES string of the molecule is O=C(Nc1ccc(Nc2ccccc2C(F)(F)F)cn1)NC1CCCCC1. The van der Waals surface area contributed by atoms with Gasteiger partial charge >= 0.3 is 12.2 Å². The lowest BCUT2D eigenvalue weighted by molar-refractivity contribution is -0.136. The van der Waals surface area contributed by atoms with Gasteiger partial charge in [-0.1, -0.05) is 31.4 Å². The Hall–Kier alpha value is -2.77. The zero-order valence-corrected chi connectivity index (χ0v) is 14.6. The van der Waals surface area contributed by atoms with E-state index in [1.165, 1.54) is 30.8 Å². The van der Waals surface area contributed by atoms with Crippen LogP contribution in [-0.4, -0.2) is 17.1 Å². The second kappa shape index (κ2) is 8.28. The molecule has 0 spiro atoms. The standard InChI is InChI=1S/C19H21F3N4O/c20-19(21,22)15-8-4-5-9-16(15)24-14-10-11-17(23-12-14)26-18(27)25-13-6-2-1-3-7-13/h4-5,8-13,24H,1-3,6-7H2,(H2,23,25,26,27). The van der Waals surface area contributed by atoms with Crippen LogP contribution < -0.4 is 16.0 Å². The maximum Gasteiger partial charge on any atom is 0.418 e. The van der Waals surface area contributed by atoms with E-state index < -0.39 is 11.7 Å². The van der Waals surface area contributed by atoms with Crippen molar-refractivity contribution in [2.45, 2.75) is 44.3 Å². The number of amides is 2. The van der Waals surface area contributed by atoms with E-state index in [1.807, 2.05) is 0 Å². The Labute approximate surface area is 155 Å². The van der Waals surface area contributed by atoms with Gasteiger partial charge in [0.1, 0.15) is 5.82 Å². The van der Waals surface area contributed by atoms with Gasteiger partial charge in [0, 0.05) is 6.04 Å². The van der Waals surface area contributed by atoms with Gasteiger partial charge in [0.2, 0.25) is 0 Å². The normalized spacial score (nSPS) is 15.2. The zero-order chi connectivity index (χ0) is 19.3. The van der Waals surface area contributed by atoms with Crippen molar-refractivity contribution < 1.29 is 18.0 Å². The highest BCUT2D eigenvalue weighted by Gasteiger charge is 2.33. The van der Waals surface area contributed by atoms with Crippen molar-refractivity contribution in [1.82, 2.24) is 10.3 Å². The van der Waals surface area contributed by atoms with E-state index in [2.05, 4.69) is 20.9 Å². The molecule has 144 valence electrons. The molecule has 0 aliphatic heterocycles. The number of anilines is 3. The Balaban J connectivity index is 1.60.